The summed E-state index contributed by atoms with van der Waals surface area (Å²) in [5.74, 6) is 0.443. The van der Waals surface area contributed by atoms with E-state index in [9.17, 15) is 18.0 Å². The molecule has 4 rings (SSSR count). The molecule has 8 nitrogen and oxygen atoms in total. The molecule has 0 bridgehead atoms. The van der Waals surface area contributed by atoms with Gasteiger partial charge in [-0.1, -0.05) is 18.2 Å². The minimum absolute atomic E-state index is 0.000923. The van der Waals surface area contributed by atoms with Crippen LogP contribution in [0.5, 0.6) is 0 Å². The molecule has 1 aliphatic heterocycles. The quantitative estimate of drug-likeness (QED) is 0.616. The highest BCUT2D eigenvalue weighted by Crippen LogP contribution is 2.33. The van der Waals surface area contributed by atoms with E-state index in [2.05, 4.69) is 25.6 Å². The van der Waals surface area contributed by atoms with Crippen molar-refractivity contribution in [3.8, 4) is 5.69 Å². The highest BCUT2D eigenvalue weighted by molar-refractivity contribution is 7.99. The molecule has 0 saturated carbocycles. The van der Waals surface area contributed by atoms with Crippen LogP contribution in [0.25, 0.3) is 5.69 Å². The topological polar surface area (TPSA) is 90.5 Å². The number of fused-ring (bicyclic) bond motifs is 1. The number of hydrogen-bond acceptors (Lipinski definition) is 6. The highest BCUT2D eigenvalue weighted by atomic mass is 32.2. The summed E-state index contributed by atoms with van der Waals surface area (Å²) in [6.45, 7) is 0.802. The number of benzene rings is 1. The molecule has 3 heterocycles. The second kappa shape index (κ2) is 8.46. The van der Waals surface area contributed by atoms with Crippen LogP contribution in [-0.2, 0) is 23.9 Å². The first-order valence-electron chi connectivity index (χ1n) is 9.33. The van der Waals surface area contributed by atoms with Gasteiger partial charge in [0.05, 0.1) is 22.7 Å². The van der Waals surface area contributed by atoms with E-state index >= 15 is 0 Å². The number of rotatable bonds is 5. The zero-order valence-corrected chi connectivity index (χ0v) is 16.6. The number of aromatic nitrogens is 6. The van der Waals surface area contributed by atoms with E-state index in [4.69, 9.17) is 0 Å². The van der Waals surface area contributed by atoms with Gasteiger partial charge in [0.25, 0.3) is 0 Å². The summed E-state index contributed by atoms with van der Waals surface area (Å²) in [4.78, 5) is 16.3. The van der Waals surface area contributed by atoms with E-state index in [0.717, 1.165) is 50.2 Å². The van der Waals surface area contributed by atoms with Crippen LogP contribution >= 0.6 is 11.8 Å². The van der Waals surface area contributed by atoms with Gasteiger partial charge in [0.2, 0.25) is 5.91 Å². The number of alkyl halides is 3. The smallest absolute Gasteiger partial charge is 0.323 e. The minimum Gasteiger partial charge on any atom is -0.323 e. The van der Waals surface area contributed by atoms with Crippen LogP contribution in [0.2, 0.25) is 0 Å². The predicted octanol–water partition coefficient (Wildman–Crippen LogP) is 3.33. The van der Waals surface area contributed by atoms with Crippen LogP contribution < -0.4 is 5.32 Å². The fraction of sp³-hybridized carbons (Fsp3) is 0.389. The summed E-state index contributed by atoms with van der Waals surface area (Å²) in [6.07, 6.45) is 2.13. The molecule has 1 aromatic carbocycles. The van der Waals surface area contributed by atoms with E-state index in [1.807, 2.05) is 4.57 Å². The molecule has 0 aliphatic carbocycles. The molecule has 12 heteroatoms. The summed E-state index contributed by atoms with van der Waals surface area (Å²) < 4.78 is 42.7. The molecule has 30 heavy (non-hydrogen) atoms. The Morgan fingerprint density at radius 3 is 2.83 bits per heavy atom. The van der Waals surface area contributed by atoms with Gasteiger partial charge in [0, 0.05) is 13.0 Å². The SMILES string of the molecule is O=C(CSc1nnc2n1CCCCC2)Nc1cc(C(F)(F)F)ccc1-n1cncn1. The van der Waals surface area contributed by atoms with Crippen molar-refractivity contribution < 1.29 is 18.0 Å². The standard InChI is InChI=1S/C18H18F3N7OS/c19-18(20,21)12-5-6-14(28-11-22-10-23-28)13(8-12)24-16(29)9-30-17-26-25-15-4-2-1-3-7-27(15)17/h5-6,8,10-11H,1-4,7,9H2,(H,24,29). The molecule has 0 spiro atoms. The molecule has 0 atom stereocenters. The molecule has 0 fully saturated rings. The lowest BCUT2D eigenvalue weighted by atomic mass is 10.1. The Bertz CT molecular complexity index is 1030. The number of hydrogen-bond donors (Lipinski definition) is 1. The number of anilines is 1. The summed E-state index contributed by atoms with van der Waals surface area (Å²) >= 11 is 1.21. The second-order valence-electron chi connectivity index (χ2n) is 6.77. The molecule has 1 amide bonds. The van der Waals surface area contributed by atoms with Crippen LogP contribution in [0, 0.1) is 0 Å². The number of thioether (sulfide) groups is 1. The predicted molar refractivity (Wildman–Crippen MR) is 103 cm³/mol. The molecule has 0 radical (unpaired) electrons. The average Bonchev–Trinajstić information content (AvgIpc) is 3.31. The number of nitrogens with zero attached hydrogens (tertiary/aromatic N) is 6. The Morgan fingerprint density at radius 1 is 1.20 bits per heavy atom. The van der Waals surface area contributed by atoms with Gasteiger partial charge in [-0.15, -0.1) is 10.2 Å². The number of halogens is 3. The number of aryl methyl sites for hydroxylation is 1. The van der Waals surface area contributed by atoms with Gasteiger partial charge in [-0.25, -0.2) is 9.67 Å². The van der Waals surface area contributed by atoms with Crippen LogP contribution in [0.1, 0.15) is 30.7 Å². The molecular weight excluding hydrogens is 419 g/mol. The largest absolute Gasteiger partial charge is 0.416 e. The normalized spacial score (nSPS) is 14.2. The third-order valence-electron chi connectivity index (χ3n) is 4.67. The molecule has 0 saturated heterocycles. The number of nitrogens with one attached hydrogen (secondary N) is 1. The molecule has 2 aromatic heterocycles. The summed E-state index contributed by atoms with van der Waals surface area (Å²) in [7, 11) is 0. The summed E-state index contributed by atoms with van der Waals surface area (Å²) in [6, 6.07) is 3.08. The van der Waals surface area contributed by atoms with Crippen molar-refractivity contribution in [1.29, 1.82) is 0 Å². The van der Waals surface area contributed by atoms with Crippen LogP contribution in [0.4, 0.5) is 18.9 Å². The van der Waals surface area contributed by atoms with Gasteiger partial charge in [-0.2, -0.15) is 18.3 Å². The maximum absolute atomic E-state index is 13.1. The van der Waals surface area contributed by atoms with Crippen molar-refractivity contribution >= 4 is 23.4 Å². The molecule has 1 N–H and O–H groups in total. The van der Waals surface area contributed by atoms with Gasteiger partial charge < -0.3 is 9.88 Å². The third-order valence-corrected chi connectivity index (χ3v) is 5.64. The van der Waals surface area contributed by atoms with E-state index in [0.29, 0.717) is 5.16 Å². The summed E-state index contributed by atoms with van der Waals surface area (Å²) in [5, 5.41) is 15.5. The van der Waals surface area contributed by atoms with Gasteiger partial charge in [-0.3, -0.25) is 4.79 Å². The van der Waals surface area contributed by atoms with Gasteiger partial charge in [0.15, 0.2) is 5.16 Å². The maximum atomic E-state index is 13.1. The third kappa shape index (κ3) is 4.48. The van der Waals surface area contributed by atoms with Crippen molar-refractivity contribution in [2.45, 2.75) is 43.6 Å². The van der Waals surface area contributed by atoms with Crippen LogP contribution in [0.15, 0.2) is 36.0 Å². The number of amides is 1. The lowest BCUT2D eigenvalue weighted by Crippen LogP contribution is -2.17. The lowest BCUT2D eigenvalue weighted by molar-refractivity contribution is -0.137. The van der Waals surface area contributed by atoms with Gasteiger partial charge in [-0.05, 0) is 31.0 Å². The minimum atomic E-state index is -4.53. The molecule has 3 aromatic rings. The van der Waals surface area contributed by atoms with E-state index in [-0.39, 0.29) is 17.1 Å². The Hall–Kier alpha value is -2.89. The van der Waals surface area contributed by atoms with Crippen molar-refractivity contribution in [1.82, 2.24) is 29.5 Å². The molecule has 1 aliphatic rings. The van der Waals surface area contributed by atoms with Crippen LogP contribution in [-0.4, -0.2) is 41.2 Å². The molecule has 0 unspecified atom stereocenters. The van der Waals surface area contributed by atoms with Crippen molar-refractivity contribution in [3.05, 3.63) is 42.2 Å². The first-order chi connectivity index (χ1) is 14.4. The number of carbonyl (C=O) groups excluding carboxylic acids is 1. The lowest BCUT2D eigenvalue weighted by Gasteiger charge is -2.14. The first-order valence-corrected chi connectivity index (χ1v) is 10.3. The Balaban J connectivity index is 1.50. The highest BCUT2D eigenvalue weighted by Gasteiger charge is 2.31. The second-order valence-corrected chi connectivity index (χ2v) is 7.71. The zero-order valence-electron chi connectivity index (χ0n) is 15.8. The van der Waals surface area contributed by atoms with E-state index < -0.39 is 17.6 Å². The molecular formula is C18H18F3N7OS. The monoisotopic (exact) mass is 437 g/mol. The van der Waals surface area contributed by atoms with E-state index in [1.54, 1.807) is 0 Å². The van der Waals surface area contributed by atoms with E-state index in [1.165, 1.54) is 35.2 Å². The Kier molecular flexibility index (Phi) is 5.75. The fourth-order valence-electron chi connectivity index (χ4n) is 3.23. The average molecular weight is 437 g/mol. The first kappa shape index (κ1) is 20.4. The zero-order chi connectivity index (χ0) is 21.1. The van der Waals surface area contributed by atoms with Crippen molar-refractivity contribution in [3.63, 3.8) is 0 Å². The fourth-order valence-corrected chi connectivity index (χ4v) is 4.01. The summed E-state index contributed by atoms with van der Waals surface area (Å²) in [5.41, 5.74) is -0.576. The van der Waals surface area contributed by atoms with Gasteiger partial charge in [0.1, 0.15) is 18.5 Å². The number of carbonyl (C=O) groups is 1. The van der Waals surface area contributed by atoms with Crippen molar-refractivity contribution in [2.75, 3.05) is 11.1 Å². The Labute approximate surface area is 173 Å². The van der Waals surface area contributed by atoms with Crippen molar-refractivity contribution in [2.24, 2.45) is 0 Å². The van der Waals surface area contributed by atoms with Gasteiger partial charge >= 0.3 is 6.18 Å². The molecule has 158 valence electrons. The maximum Gasteiger partial charge on any atom is 0.416 e. The Morgan fingerprint density at radius 2 is 2.07 bits per heavy atom. The van der Waals surface area contributed by atoms with Crippen LogP contribution in [0.3, 0.4) is 0 Å².